The molecule has 1 unspecified atom stereocenters. The second-order valence-corrected chi connectivity index (χ2v) is 8.48. The molecule has 2 aliphatic heterocycles. The van der Waals surface area contributed by atoms with Gasteiger partial charge in [-0.3, -0.25) is 9.36 Å². The van der Waals surface area contributed by atoms with Crippen LogP contribution < -0.4 is 10.2 Å². The van der Waals surface area contributed by atoms with Crippen molar-refractivity contribution >= 4 is 35.3 Å². The number of nitrogens with zero attached hydrogens (tertiary/aromatic N) is 4. The van der Waals surface area contributed by atoms with E-state index in [0.29, 0.717) is 36.2 Å². The third kappa shape index (κ3) is 5.59. The topological polar surface area (TPSA) is 108 Å². The van der Waals surface area contributed by atoms with E-state index >= 15 is 0 Å². The lowest BCUT2D eigenvalue weighted by molar-refractivity contribution is -0.113. The Morgan fingerprint density at radius 1 is 1.25 bits per heavy atom. The van der Waals surface area contributed by atoms with E-state index in [1.54, 1.807) is 24.3 Å². The summed E-state index contributed by atoms with van der Waals surface area (Å²) in [7, 11) is 1.32. The molecule has 10 nitrogen and oxygen atoms in total. The number of hydrogen-bond acceptors (Lipinski definition) is 9. The normalized spacial score (nSPS) is 18.5. The van der Waals surface area contributed by atoms with Gasteiger partial charge in [0.2, 0.25) is 11.9 Å². The van der Waals surface area contributed by atoms with Gasteiger partial charge < -0.3 is 24.4 Å². The molecule has 1 N–H and O–H groups in total. The van der Waals surface area contributed by atoms with E-state index in [1.165, 1.54) is 18.9 Å². The second kappa shape index (κ2) is 10.8. The first kappa shape index (κ1) is 22.6. The average molecular weight is 462 g/mol. The maximum absolute atomic E-state index is 12.5. The molecule has 2 saturated heterocycles. The number of hydrogen-bond donors (Lipinski definition) is 1. The molecule has 0 spiro atoms. The maximum atomic E-state index is 12.5. The number of carbonyl (C=O) groups is 2. The van der Waals surface area contributed by atoms with E-state index in [2.05, 4.69) is 25.0 Å². The van der Waals surface area contributed by atoms with Crippen molar-refractivity contribution in [3.05, 3.63) is 29.8 Å². The highest BCUT2D eigenvalue weighted by Crippen LogP contribution is 2.26. The van der Waals surface area contributed by atoms with Crippen LogP contribution in [0.25, 0.3) is 0 Å². The van der Waals surface area contributed by atoms with Crippen LogP contribution in [0.1, 0.15) is 23.2 Å². The lowest BCUT2D eigenvalue weighted by Gasteiger charge is -2.28. The van der Waals surface area contributed by atoms with E-state index in [1.807, 2.05) is 0 Å². The molecule has 2 fully saturated rings. The molecule has 1 amide bonds. The number of esters is 1. The summed E-state index contributed by atoms with van der Waals surface area (Å²) < 4.78 is 18.1. The second-order valence-electron chi connectivity index (χ2n) is 7.54. The molecule has 0 radical (unpaired) electrons. The molecule has 2 aromatic rings. The van der Waals surface area contributed by atoms with Gasteiger partial charge in [0.05, 0.1) is 44.3 Å². The van der Waals surface area contributed by atoms with Crippen LogP contribution in [0, 0.1) is 0 Å². The Hall–Kier alpha value is -2.63. The third-order valence-electron chi connectivity index (χ3n) is 5.30. The third-order valence-corrected chi connectivity index (χ3v) is 6.27. The minimum atomic E-state index is -0.451. The summed E-state index contributed by atoms with van der Waals surface area (Å²) in [6, 6.07) is 6.65. The lowest BCUT2D eigenvalue weighted by atomic mass is 10.2. The fourth-order valence-corrected chi connectivity index (χ4v) is 4.45. The van der Waals surface area contributed by atoms with Crippen molar-refractivity contribution in [3.63, 3.8) is 0 Å². The number of nitrogens with one attached hydrogen (secondary N) is 1. The summed E-state index contributed by atoms with van der Waals surface area (Å²) in [5.41, 5.74) is 0.915. The molecule has 2 aliphatic rings. The van der Waals surface area contributed by atoms with E-state index in [-0.39, 0.29) is 17.8 Å². The summed E-state index contributed by atoms with van der Waals surface area (Å²) in [6.07, 6.45) is 2.18. The number of aromatic nitrogens is 3. The van der Waals surface area contributed by atoms with E-state index in [9.17, 15) is 9.59 Å². The number of morpholine rings is 1. The van der Waals surface area contributed by atoms with Crippen molar-refractivity contribution in [3.8, 4) is 0 Å². The standard InChI is InChI=1S/C21H27N5O5S/c1-29-19(28)15-4-2-5-16(12-15)22-18(27)14-32-21-24-23-20(25-7-10-30-11-8-25)26(21)13-17-6-3-9-31-17/h2,4-5,12,17H,3,6-11,13-14H2,1H3,(H,22,27). The van der Waals surface area contributed by atoms with Crippen LogP contribution in [0.15, 0.2) is 29.4 Å². The number of thioether (sulfide) groups is 1. The van der Waals surface area contributed by atoms with Crippen LogP contribution in [0.5, 0.6) is 0 Å². The molecule has 11 heteroatoms. The monoisotopic (exact) mass is 461 g/mol. The fourth-order valence-electron chi connectivity index (χ4n) is 3.71. The molecular weight excluding hydrogens is 434 g/mol. The Bertz CT molecular complexity index is 940. The molecule has 0 aliphatic carbocycles. The summed E-state index contributed by atoms with van der Waals surface area (Å²) in [5, 5.41) is 12.3. The van der Waals surface area contributed by atoms with Crippen LogP contribution in [0.2, 0.25) is 0 Å². The molecule has 1 aromatic heterocycles. The minimum Gasteiger partial charge on any atom is -0.465 e. The number of benzene rings is 1. The number of anilines is 2. The van der Waals surface area contributed by atoms with Gasteiger partial charge >= 0.3 is 5.97 Å². The SMILES string of the molecule is COC(=O)c1cccc(NC(=O)CSc2nnc(N3CCOCC3)n2CC2CCCO2)c1. The highest BCUT2D eigenvalue weighted by molar-refractivity contribution is 7.99. The van der Waals surface area contributed by atoms with Gasteiger partial charge in [0.25, 0.3) is 0 Å². The van der Waals surface area contributed by atoms with Gasteiger partial charge in [-0.2, -0.15) is 0 Å². The maximum Gasteiger partial charge on any atom is 0.337 e. The van der Waals surface area contributed by atoms with Crippen molar-refractivity contribution in [2.75, 3.05) is 56.0 Å². The Labute approximate surface area is 190 Å². The average Bonchev–Trinajstić information content (AvgIpc) is 3.48. The summed E-state index contributed by atoms with van der Waals surface area (Å²) in [5.74, 6) is 0.303. The summed E-state index contributed by atoms with van der Waals surface area (Å²) in [4.78, 5) is 26.4. The van der Waals surface area contributed by atoms with E-state index in [0.717, 1.165) is 38.5 Å². The highest BCUT2D eigenvalue weighted by atomic mass is 32.2. The largest absolute Gasteiger partial charge is 0.465 e. The van der Waals surface area contributed by atoms with Crippen molar-refractivity contribution < 1.29 is 23.8 Å². The molecule has 3 heterocycles. The van der Waals surface area contributed by atoms with E-state index in [4.69, 9.17) is 14.2 Å². The van der Waals surface area contributed by atoms with Crippen LogP contribution in [-0.2, 0) is 25.5 Å². The van der Waals surface area contributed by atoms with Gasteiger partial charge in [-0.25, -0.2) is 4.79 Å². The zero-order valence-corrected chi connectivity index (χ0v) is 18.8. The quantitative estimate of drug-likeness (QED) is 0.465. The number of amides is 1. The molecule has 172 valence electrons. The molecule has 4 rings (SSSR count). The van der Waals surface area contributed by atoms with Crippen LogP contribution >= 0.6 is 11.8 Å². The Kier molecular flexibility index (Phi) is 7.61. The minimum absolute atomic E-state index is 0.125. The highest BCUT2D eigenvalue weighted by Gasteiger charge is 2.25. The predicted molar refractivity (Wildman–Crippen MR) is 119 cm³/mol. The van der Waals surface area contributed by atoms with Crippen LogP contribution in [0.4, 0.5) is 11.6 Å². The van der Waals surface area contributed by atoms with Gasteiger partial charge in [-0.1, -0.05) is 17.8 Å². The summed E-state index contributed by atoms with van der Waals surface area (Å²) in [6.45, 7) is 4.25. The first-order valence-electron chi connectivity index (χ1n) is 10.6. The molecule has 0 saturated carbocycles. The Balaban J connectivity index is 1.42. The van der Waals surface area contributed by atoms with Gasteiger partial charge in [0.15, 0.2) is 5.16 Å². The Morgan fingerprint density at radius 2 is 2.09 bits per heavy atom. The zero-order valence-electron chi connectivity index (χ0n) is 18.0. The molecule has 0 bridgehead atoms. The molecule has 1 aromatic carbocycles. The van der Waals surface area contributed by atoms with Gasteiger partial charge in [-0.15, -0.1) is 10.2 Å². The zero-order chi connectivity index (χ0) is 22.3. The molecular formula is C21H27N5O5S. The number of ether oxygens (including phenoxy) is 3. The van der Waals surface area contributed by atoms with Crippen molar-refractivity contribution in [2.24, 2.45) is 0 Å². The predicted octanol–water partition coefficient (Wildman–Crippen LogP) is 1.81. The number of rotatable bonds is 8. The molecule has 1 atom stereocenters. The first-order chi connectivity index (χ1) is 15.6. The van der Waals surface area contributed by atoms with Crippen molar-refractivity contribution in [2.45, 2.75) is 30.6 Å². The van der Waals surface area contributed by atoms with Crippen LogP contribution in [0.3, 0.4) is 0 Å². The molecule has 32 heavy (non-hydrogen) atoms. The van der Waals surface area contributed by atoms with Crippen molar-refractivity contribution in [1.82, 2.24) is 14.8 Å². The first-order valence-corrected chi connectivity index (χ1v) is 11.6. The number of carbonyl (C=O) groups excluding carboxylic acids is 2. The lowest BCUT2D eigenvalue weighted by Crippen LogP contribution is -2.38. The number of methoxy groups -OCH3 is 1. The summed E-state index contributed by atoms with van der Waals surface area (Å²) >= 11 is 1.33. The Morgan fingerprint density at radius 3 is 2.84 bits per heavy atom. The van der Waals surface area contributed by atoms with Crippen LogP contribution in [-0.4, -0.2) is 78.5 Å². The van der Waals surface area contributed by atoms with Gasteiger partial charge in [0.1, 0.15) is 0 Å². The van der Waals surface area contributed by atoms with E-state index < -0.39 is 5.97 Å². The smallest absolute Gasteiger partial charge is 0.337 e. The van der Waals surface area contributed by atoms with Gasteiger partial charge in [0, 0.05) is 25.4 Å². The fraction of sp³-hybridized carbons (Fsp3) is 0.524. The van der Waals surface area contributed by atoms with Crippen molar-refractivity contribution in [1.29, 1.82) is 0 Å². The van der Waals surface area contributed by atoms with Gasteiger partial charge in [-0.05, 0) is 31.0 Å².